The highest BCUT2D eigenvalue weighted by molar-refractivity contribution is 5.97. The van der Waals surface area contributed by atoms with E-state index >= 15 is 0 Å². The molecule has 19 heavy (non-hydrogen) atoms. The van der Waals surface area contributed by atoms with Crippen LogP contribution in [0.4, 0.5) is 0 Å². The molecule has 0 bridgehead atoms. The average Bonchev–Trinajstić information content (AvgIpc) is 2.41. The summed E-state index contributed by atoms with van der Waals surface area (Å²) in [6.07, 6.45) is 0. The average molecular weight is 267 g/mol. The highest BCUT2D eigenvalue weighted by Gasteiger charge is 2.19. The van der Waals surface area contributed by atoms with Gasteiger partial charge in [0.05, 0.1) is 18.8 Å². The molecule has 5 nitrogen and oxygen atoms in total. The van der Waals surface area contributed by atoms with Crippen molar-refractivity contribution < 1.29 is 19.4 Å². The van der Waals surface area contributed by atoms with Crippen molar-refractivity contribution in [3.63, 3.8) is 0 Å². The Morgan fingerprint density at radius 3 is 2.32 bits per heavy atom. The fourth-order valence-electron chi connectivity index (χ4n) is 1.72. The van der Waals surface area contributed by atoms with Gasteiger partial charge in [-0.15, -0.1) is 0 Å². The summed E-state index contributed by atoms with van der Waals surface area (Å²) in [7, 11) is 3.17. The van der Waals surface area contributed by atoms with E-state index in [-0.39, 0.29) is 11.7 Å². The minimum Gasteiger partial charge on any atom is -0.507 e. The number of phenolic OH excluding ortho intramolecular Hbond substituents is 1. The number of hydrogen-bond acceptors (Lipinski definition) is 4. The van der Waals surface area contributed by atoms with Gasteiger partial charge in [-0.3, -0.25) is 4.79 Å². The van der Waals surface area contributed by atoms with Gasteiger partial charge < -0.3 is 19.5 Å². The van der Waals surface area contributed by atoms with Crippen molar-refractivity contribution in [2.24, 2.45) is 0 Å². The molecule has 0 fully saturated rings. The van der Waals surface area contributed by atoms with E-state index in [2.05, 4.69) is 0 Å². The molecule has 0 spiro atoms. The molecule has 106 valence electrons. The van der Waals surface area contributed by atoms with Gasteiger partial charge in [0.25, 0.3) is 5.91 Å². The lowest BCUT2D eigenvalue weighted by Gasteiger charge is -2.22. The minimum atomic E-state index is -0.213. The van der Waals surface area contributed by atoms with Gasteiger partial charge in [-0.1, -0.05) is 12.1 Å². The number of amides is 1. The van der Waals surface area contributed by atoms with Crippen LogP contribution in [0.15, 0.2) is 18.2 Å². The first-order chi connectivity index (χ1) is 9.11. The van der Waals surface area contributed by atoms with Gasteiger partial charge in [0.2, 0.25) is 0 Å². The lowest BCUT2D eigenvalue weighted by molar-refractivity contribution is 0.0624. The number of benzene rings is 1. The molecule has 0 aliphatic rings. The van der Waals surface area contributed by atoms with E-state index in [1.807, 2.05) is 0 Å². The Labute approximate surface area is 113 Å². The van der Waals surface area contributed by atoms with E-state index in [4.69, 9.17) is 9.47 Å². The Balaban J connectivity index is 2.87. The first kappa shape index (κ1) is 15.5. The molecule has 0 aliphatic carbocycles. The molecular weight excluding hydrogens is 246 g/mol. The first-order valence-electron chi connectivity index (χ1n) is 6.17. The van der Waals surface area contributed by atoms with Crippen LogP contribution in [-0.4, -0.2) is 56.4 Å². The number of methoxy groups -OCH3 is 2. The molecule has 1 amide bonds. The van der Waals surface area contributed by atoms with E-state index < -0.39 is 0 Å². The van der Waals surface area contributed by atoms with Crippen molar-refractivity contribution in [1.82, 2.24) is 4.90 Å². The molecule has 0 aliphatic heterocycles. The summed E-state index contributed by atoms with van der Waals surface area (Å²) in [5, 5.41) is 9.96. The predicted octanol–water partition coefficient (Wildman–Crippen LogP) is 1.44. The molecular formula is C14H21NO4. The van der Waals surface area contributed by atoms with Gasteiger partial charge in [-0.05, 0) is 18.6 Å². The lowest BCUT2D eigenvalue weighted by Crippen LogP contribution is -2.36. The number of hydrogen-bond donors (Lipinski definition) is 1. The Bertz CT molecular complexity index is 412. The van der Waals surface area contributed by atoms with Crippen LogP contribution in [0.25, 0.3) is 0 Å². The minimum absolute atomic E-state index is 0.0346. The smallest absolute Gasteiger partial charge is 0.257 e. The maximum absolute atomic E-state index is 12.4. The first-order valence-corrected chi connectivity index (χ1v) is 6.17. The van der Waals surface area contributed by atoms with Gasteiger partial charge in [0.15, 0.2) is 0 Å². The van der Waals surface area contributed by atoms with Crippen molar-refractivity contribution in [3.8, 4) is 5.75 Å². The summed E-state index contributed by atoms with van der Waals surface area (Å²) in [6, 6.07) is 5.14. The van der Waals surface area contributed by atoms with Crippen LogP contribution in [0, 0.1) is 6.92 Å². The Kier molecular flexibility index (Phi) is 6.32. The van der Waals surface area contributed by atoms with E-state index in [1.54, 1.807) is 44.2 Å². The normalized spacial score (nSPS) is 10.5. The highest BCUT2D eigenvalue weighted by Crippen LogP contribution is 2.22. The van der Waals surface area contributed by atoms with Gasteiger partial charge in [-0.25, -0.2) is 0 Å². The van der Waals surface area contributed by atoms with Crippen LogP contribution in [-0.2, 0) is 9.47 Å². The van der Waals surface area contributed by atoms with Crippen LogP contribution in [0.5, 0.6) is 5.75 Å². The van der Waals surface area contributed by atoms with E-state index in [1.165, 1.54) is 0 Å². The summed E-state index contributed by atoms with van der Waals surface area (Å²) in [5.74, 6) is -0.178. The molecule has 0 heterocycles. The molecule has 0 unspecified atom stereocenters. The van der Waals surface area contributed by atoms with Crippen LogP contribution in [0.3, 0.4) is 0 Å². The highest BCUT2D eigenvalue weighted by atomic mass is 16.5. The number of aromatic hydroxyl groups is 1. The summed E-state index contributed by atoms with van der Waals surface area (Å²) >= 11 is 0. The van der Waals surface area contributed by atoms with E-state index in [0.29, 0.717) is 37.4 Å². The molecule has 0 aromatic heterocycles. The maximum Gasteiger partial charge on any atom is 0.257 e. The summed E-state index contributed by atoms with van der Waals surface area (Å²) in [5.41, 5.74) is 0.997. The third kappa shape index (κ3) is 4.22. The van der Waals surface area contributed by atoms with Crippen molar-refractivity contribution in [3.05, 3.63) is 29.3 Å². The van der Waals surface area contributed by atoms with Crippen LogP contribution < -0.4 is 0 Å². The fourth-order valence-corrected chi connectivity index (χ4v) is 1.72. The quantitative estimate of drug-likeness (QED) is 0.812. The third-order valence-electron chi connectivity index (χ3n) is 2.89. The van der Waals surface area contributed by atoms with Gasteiger partial charge in [-0.2, -0.15) is 0 Å². The second-order valence-corrected chi connectivity index (χ2v) is 4.25. The topological polar surface area (TPSA) is 59.0 Å². The number of phenols is 1. The zero-order valence-corrected chi connectivity index (χ0v) is 11.7. The van der Waals surface area contributed by atoms with Crippen molar-refractivity contribution >= 4 is 5.91 Å². The molecule has 0 atom stereocenters. The molecule has 0 radical (unpaired) electrons. The van der Waals surface area contributed by atoms with Crippen LogP contribution in [0.1, 0.15) is 15.9 Å². The number of para-hydroxylation sites is 1. The zero-order chi connectivity index (χ0) is 14.3. The molecule has 0 saturated carbocycles. The molecule has 5 heteroatoms. The Hall–Kier alpha value is -1.59. The number of carbonyl (C=O) groups is 1. The second kappa shape index (κ2) is 7.76. The van der Waals surface area contributed by atoms with E-state index in [0.717, 1.165) is 0 Å². The SMILES string of the molecule is COCCN(CCOC)C(=O)c1cccc(C)c1O. The molecule has 1 aromatic rings. The lowest BCUT2D eigenvalue weighted by atomic mass is 10.1. The summed E-state index contributed by atoms with van der Waals surface area (Å²) in [4.78, 5) is 14.0. The molecule has 1 N–H and O–H groups in total. The number of aryl methyl sites for hydroxylation is 1. The van der Waals surface area contributed by atoms with Crippen LogP contribution in [0.2, 0.25) is 0 Å². The largest absolute Gasteiger partial charge is 0.507 e. The van der Waals surface area contributed by atoms with Gasteiger partial charge in [0.1, 0.15) is 5.75 Å². The third-order valence-corrected chi connectivity index (χ3v) is 2.89. The maximum atomic E-state index is 12.4. The van der Waals surface area contributed by atoms with Crippen molar-refractivity contribution in [2.45, 2.75) is 6.92 Å². The van der Waals surface area contributed by atoms with Crippen LogP contribution >= 0.6 is 0 Å². The second-order valence-electron chi connectivity index (χ2n) is 4.25. The molecule has 1 rings (SSSR count). The molecule has 1 aromatic carbocycles. The zero-order valence-electron chi connectivity index (χ0n) is 11.7. The van der Waals surface area contributed by atoms with Gasteiger partial charge >= 0.3 is 0 Å². The van der Waals surface area contributed by atoms with E-state index in [9.17, 15) is 9.90 Å². The molecule has 0 saturated heterocycles. The Morgan fingerprint density at radius 2 is 1.79 bits per heavy atom. The fraction of sp³-hybridized carbons (Fsp3) is 0.500. The standard InChI is InChI=1S/C14H21NO4/c1-11-5-4-6-12(13(11)16)14(17)15(7-9-18-2)8-10-19-3/h4-6,16H,7-10H2,1-3H3. The predicted molar refractivity (Wildman–Crippen MR) is 72.5 cm³/mol. The number of carbonyl (C=O) groups excluding carboxylic acids is 1. The summed E-state index contributed by atoms with van der Waals surface area (Å²) in [6.45, 7) is 3.59. The monoisotopic (exact) mass is 267 g/mol. The number of ether oxygens (including phenoxy) is 2. The number of nitrogens with zero attached hydrogens (tertiary/aromatic N) is 1. The van der Waals surface area contributed by atoms with Crippen molar-refractivity contribution in [2.75, 3.05) is 40.5 Å². The van der Waals surface area contributed by atoms with Crippen molar-refractivity contribution in [1.29, 1.82) is 0 Å². The van der Waals surface area contributed by atoms with Gasteiger partial charge in [0, 0.05) is 27.3 Å². The summed E-state index contributed by atoms with van der Waals surface area (Å²) < 4.78 is 9.99. The number of rotatable bonds is 7. The Morgan fingerprint density at radius 1 is 1.21 bits per heavy atom.